The van der Waals surface area contributed by atoms with Gasteiger partial charge in [0.15, 0.2) is 12.2 Å². The molecule has 8 heteroatoms. The fraction of sp³-hybridized carbons (Fsp3) is 0.269. The molecule has 0 spiro atoms. The summed E-state index contributed by atoms with van der Waals surface area (Å²) in [6.07, 6.45) is 7.45. The summed E-state index contributed by atoms with van der Waals surface area (Å²) >= 11 is 0. The smallest absolute Gasteiger partial charge is 0.410 e. The zero-order valence-electron chi connectivity index (χ0n) is 19.5. The van der Waals surface area contributed by atoms with Crippen LogP contribution in [0.2, 0.25) is 0 Å². The molecule has 174 valence electrons. The molecule has 1 aliphatic rings. The number of hydrogen-bond donors (Lipinski definition) is 2. The van der Waals surface area contributed by atoms with Crippen molar-refractivity contribution in [3.8, 4) is 11.3 Å². The van der Waals surface area contributed by atoms with Crippen molar-refractivity contribution >= 4 is 34.1 Å². The summed E-state index contributed by atoms with van der Waals surface area (Å²) in [7, 11) is 0. The Morgan fingerprint density at radius 1 is 1.24 bits per heavy atom. The average molecular weight is 458 g/mol. The van der Waals surface area contributed by atoms with Crippen LogP contribution in [0.4, 0.5) is 16.2 Å². The Hall–Kier alpha value is -4.07. The predicted octanol–water partition coefficient (Wildman–Crippen LogP) is 5.99. The third-order valence-corrected chi connectivity index (χ3v) is 5.60. The van der Waals surface area contributed by atoms with Crippen LogP contribution in [0.3, 0.4) is 0 Å². The summed E-state index contributed by atoms with van der Waals surface area (Å²) in [5.74, 6) is 0.720. The number of H-pyrrole nitrogens is 1. The summed E-state index contributed by atoms with van der Waals surface area (Å²) in [5.41, 5.74) is 5.32. The molecule has 0 atom stereocenters. The van der Waals surface area contributed by atoms with Gasteiger partial charge >= 0.3 is 6.09 Å². The quantitative estimate of drug-likeness (QED) is 0.391. The van der Waals surface area contributed by atoms with Crippen LogP contribution < -0.4 is 5.32 Å². The van der Waals surface area contributed by atoms with Crippen molar-refractivity contribution in [2.75, 3.05) is 18.4 Å². The first-order valence-electron chi connectivity index (χ1n) is 11.3. The van der Waals surface area contributed by atoms with E-state index in [1.807, 2.05) is 51.1 Å². The maximum absolute atomic E-state index is 12.4. The van der Waals surface area contributed by atoms with Gasteiger partial charge in [-0.15, -0.1) is 0 Å². The molecule has 0 saturated heterocycles. The van der Waals surface area contributed by atoms with Crippen LogP contribution in [0.1, 0.15) is 32.9 Å². The Kier molecular flexibility index (Phi) is 5.57. The van der Waals surface area contributed by atoms with Gasteiger partial charge in [0.1, 0.15) is 11.2 Å². The molecule has 3 aromatic heterocycles. The third-order valence-electron chi connectivity index (χ3n) is 5.60. The van der Waals surface area contributed by atoms with Crippen LogP contribution in [0.5, 0.6) is 0 Å². The molecule has 0 aliphatic carbocycles. The normalized spacial score (nSPS) is 14.2. The zero-order valence-corrected chi connectivity index (χ0v) is 19.5. The molecule has 1 amide bonds. The second kappa shape index (κ2) is 8.70. The van der Waals surface area contributed by atoms with Gasteiger partial charge in [0.25, 0.3) is 0 Å². The second-order valence-corrected chi connectivity index (χ2v) is 9.28. The van der Waals surface area contributed by atoms with E-state index in [1.54, 1.807) is 17.3 Å². The molecule has 5 rings (SSSR count). The number of hydrogen-bond acceptors (Lipinski definition) is 6. The second-order valence-electron chi connectivity index (χ2n) is 9.28. The van der Waals surface area contributed by atoms with Crippen LogP contribution in [0, 0.1) is 0 Å². The highest BCUT2D eigenvalue weighted by molar-refractivity contribution is 5.94. The lowest BCUT2D eigenvalue weighted by molar-refractivity contribution is 0.0270. The molecule has 0 radical (unpaired) electrons. The molecule has 1 aliphatic heterocycles. The van der Waals surface area contributed by atoms with Gasteiger partial charge in [-0.1, -0.05) is 18.2 Å². The van der Waals surface area contributed by atoms with Crippen molar-refractivity contribution in [2.45, 2.75) is 32.8 Å². The minimum Gasteiger partial charge on any atom is -0.444 e. The third kappa shape index (κ3) is 4.66. The van der Waals surface area contributed by atoms with Gasteiger partial charge in [-0.25, -0.2) is 14.8 Å². The standard InChI is InChI=1S/C26H27N5O3/c1-26(2,3)34-25(32)31-11-8-17(9-12-31)22-14-20-21(7-10-28-24(20)30-22)29-19-6-4-5-18(13-19)23-15-27-16-33-23/h4-8,10,13-16H,9,11-12H2,1-3H3,(H2,28,29,30). The minimum atomic E-state index is -0.498. The first-order valence-corrected chi connectivity index (χ1v) is 11.3. The molecule has 1 aromatic carbocycles. The van der Waals surface area contributed by atoms with E-state index in [0.717, 1.165) is 51.4 Å². The summed E-state index contributed by atoms with van der Waals surface area (Å²) < 4.78 is 10.9. The topological polar surface area (TPSA) is 96.3 Å². The molecule has 4 aromatic rings. The molecule has 8 nitrogen and oxygen atoms in total. The minimum absolute atomic E-state index is 0.278. The number of benzene rings is 1. The Balaban J connectivity index is 1.36. The van der Waals surface area contributed by atoms with E-state index in [2.05, 4.69) is 32.4 Å². The van der Waals surface area contributed by atoms with E-state index in [4.69, 9.17) is 9.15 Å². The van der Waals surface area contributed by atoms with Gasteiger partial charge in [0, 0.05) is 41.6 Å². The van der Waals surface area contributed by atoms with Crippen LogP contribution in [-0.4, -0.2) is 44.6 Å². The number of carbonyl (C=O) groups is 1. The largest absolute Gasteiger partial charge is 0.444 e. The SMILES string of the molecule is CC(C)(C)OC(=O)N1CC=C(c2cc3c(Nc4cccc(-c5cnco5)c4)ccnc3[nH]2)CC1. The maximum atomic E-state index is 12.4. The number of carbonyl (C=O) groups excluding carboxylic acids is 1. The van der Waals surface area contributed by atoms with Crippen molar-refractivity contribution in [1.29, 1.82) is 0 Å². The number of fused-ring (bicyclic) bond motifs is 1. The molecule has 0 bridgehead atoms. The summed E-state index contributed by atoms with van der Waals surface area (Å²) in [6, 6.07) is 12.1. The number of aromatic amines is 1. The molecule has 4 heterocycles. The Morgan fingerprint density at radius 2 is 2.12 bits per heavy atom. The number of rotatable bonds is 4. The van der Waals surface area contributed by atoms with Crippen LogP contribution in [0.15, 0.2) is 65.7 Å². The first kappa shape index (κ1) is 21.8. The lowest BCUT2D eigenvalue weighted by Crippen LogP contribution is -2.39. The van der Waals surface area contributed by atoms with E-state index in [0.29, 0.717) is 13.1 Å². The van der Waals surface area contributed by atoms with Gasteiger partial charge in [0.05, 0.1) is 11.9 Å². The number of anilines is 2. The number of amides is 1. The highest BCUT2D eigenvalue weighted by Crippen LogP contribution is 2.31. The van der Waals surface area contributed by atoms with Crippen LogP contribution >= 0.6 is 0 Å². The van der Waals surface area contributed by atoms with Gasteiger partial charge in [-0.3, -0.25) is 0 Å². The van der Waals surface area contributed by atoms with Crippen molar-refractivity contribution in [2.24, 2.45) is 0 Å². The fourth-order valence-electron chi connectivity index (χ4n) is 3.98. The number of aromatic nitrogens is 3. The van der Waals surface area contributed by atoms with E-state index in [9.17, 15) is 4.79 Å². The lowest BCUT2D eigenvalue weighted by Gasteiger charge is -2.29. The Morgan fingerprint density at radius 3 is 2.85 bits per heavy atom. The predicted molar refractivity (Wildman–Crippen MR) is 132 cm³/mol. The Labute approximate surface area is 197 Å². The van der Waals surface area contributed by atoms with E-state index in [-0.39, 0.29) is 6.09 Å². The van der Waals surface area contributed by atoms with Gasteiger partial charge < -0.3 is 24.4 Å². The maximum Gasteiger partial charge on any atom is 0.410 e. The van der Waals surface area contributed by atoms with Crippen molar-refractivity contribution in [3.05, 3.63) is 67.0 Å². The van der Waals surface area contributed by atoms with Gasteiger partial charge in [-0.05, 0) is 57.0 Å². The molecule has 0 unspecified atom stereocenters. The summed E-state index contributed by atoms with van der Waals surface area (Å²) in [4.78, 5) is 26.0. The number of ether oxygens (including phenoxy) is 1. The molecule has 0 saturated carbocycles. The van der Waals surface area contributed by atoms with Crippen molar-refractivity contribution in [1.82, 2.24) is 19.9 Å². The molecular formula is C26H27N5O3. The zero-order chi connectivity index (χ0) is 23.7. The fourth-order valence-corrected chi connectivity index (χ4v) is 3.98. The van der Waals surface area contributed by atoms with Crippen molar-refractivity contribution < 1.29 is 13.9 Å². The van der Waals surface area contributed by atoms with Gasteiger partial charge in [0.2, 0.25) is 0 Å². The van der Waals surface area contributed by atoms with E-state index >= 15 is 0 Å². The highest BCUT2D eigenvalue weighted by Gasteiger charge is 2.24. The average Bonchev–Trinajstić information content (AvgIpc) is 3.49. The number of oxazole rings is 1. The van der Waals surface area contributed by atoms with E-state index in [1.165, 1.54) is 6.39 Å². The van der Waals surface area contributed by atoms with Crippen LogP contribution in [-0.2, 0) is 4.74 Å². The molecule has 34 heavy (non-hydrogen) atoms. The number of nitrogens with one attached hydrogen (secondary N) is 2. The van der Waals surface area contributed by atoms with E-state index < -0.39 is 5.60 Å². The lowest BCUT2D eigenvalue weighted by atomic mass is 10.0. The summed E-state index contributed by atoms with van der Waals surface area (Å²) in [5, 5.41) is 4.50. The molecule has 2 N–H and O–H groups in total. The first-order chi connectivity index (χ1) is 16.4. The summed E-state index contributed by atoms with van der Waals surface area (Å²) in [6.45, 7) is 6.77. The molecular weight excluding hydrogens is 430 g/mol. The highest BCUT2D eigenvalue weighted by atomic mass is 16.6. The molecule has 0 fully saturated rings. The van der Waals surface area contributed by atoms with Crippen LogP contribution in [0.25, 0.3) is 27.9 Å². The van der Waals surface area contributed by atoms with Gasteiger partial charge in [-0.2, -0.15) is 0 Å². The number of pyridine rings is 1. The number of nitrogens with zero attached hydrogens (tertiary/aromatic N) is 3. The Bertz CT molecular complexity index is 1350. The van der Waals surface area contributed by atoms with Crippen molar-refractivity contribution in [3.63, 3.8) is 0 Å². The monoisotopic (exact) mass is 457 g/mol.